The summed E-state index contributed by atoms with van der Waals surface area (Å²) < 4.78 is 0. The molecular weight excluding hydrogens is 312 g/mol. The Morgan fingerprint density at radius 1 is 1.06 bits per heavy atom. The normalized spacial score (nSPS) is 48.4. The lowest BCUT2D eigenvalue weighted by atomic mass is 9.84. The van der Waals surface area contributed by atoms with Crippen LogP contribution in [0.3, 0.4) is 0 Å². The lowest BCUT2D eigenvalue weighted by molar-refractivity contribution is -0.173. The second-order valence-corrected chi connectivity index (χ2v) is 6.58. The van der Waals surface area contributed by atoms with Crippen molar-refractivity contribution in [2.75, 3.05) is 0 Å². The van der Waals surface area contributed by atoms with E-state index in [0.29, 0.717) is 0 Å². The van der Waals surface area contributed by atoms with Gasteiger partial charge in [0.25, 0.3) is 11.8 Å². The number of halogens is 4. The van der Waals surface area contributed by atoms with Crippen LogP contribution in [0.1, 0.15) is 6.42 Å². The Morgan fingerprint density at radius 2 is 1.41 bits per heavy atom. The zero-order valence-electron chi connectivity index (χ0n) is 8.08. The van der Waals surface area contributed by atoms with Gasteiger partial charge in [-0.2, -0.15) is 5.06 Å². The molecule has 8 heteroatoms. The summed E-state index contributed by atoms with van der Waals surface area (Å²) in [5, 5.41) is 9.59. The number of rotatable bonds is 0. The van der Waals surface area contributed by atoms with Gasteiger partial charge in [-0.3, -0.25) is 14.8 Å². The number of imide groups is 1. The molecule has 4 atom stereocenters. The predicted molar refractivity (Wildman–Crippen MR) is 61.1 cm³/mol. The molecule has 1 saturated carbocycles. The van der Waals surface area contributed by atoms with Crippen LogP contribution >= 0.6 is 46.4 Å². The standard InChI is InChI=1S/C9H5Cl4NO3/c10-4-5(11)9(13)1-8(4,12)2-3(9)7(16)14(17)6(2)15/h2-3,17H,1H2/t2-,3-,8-,9-/m0/s1. The van der Waals surface area contributed by atoms with E-state index in [1.807, 2.05) is 0 Å². The highest BCUT2D eigenvalue weighted by molar-refractivity contribution is 6.52. The molecule has 1 heterocycles. The molecule has 0 unspecified atom stereocenters. The summed E-state index contributed by atoms with van der Waals surface area (Å²) >= 11 is 24.5. The summed E-state index contributed by atoms with van der Waals surface area (Å²) in [5.41, 5.74) is 0. The third-order valence-corrected chi connectivity index (χ3v) is 6.16. The molecule has 0 aromatic heterocycles. The Kier molecular flexibility index (Phi) is 2.21. The minimum absolute atomic E-state index is 0.0579. The molecule has 1 N–H and O–H groups in total. The maximum Gasteiger partial charge on any atom is 0.259 e. The molecule has 2 bridgehead atoms. The highest BCUT2D eigenvalue weighted by Crippen LogP contribution is 2.69. The lowest BCUT2D eigenvalue weighted by Gasteiger charge is -2.28. The van der Waals surface area contributed by atoms with Crippen molar-refractivity contribution in [1.29, 1.82) is 0 Å². The molecule has 0 radical (unpaired) electrons. The van der Waals surface area contributed by atoms with Gasteiger partial charge >= 0.3 is 0 Å². The molecule has 17 heavy (non-hydrogen) atoms. The van der Waals surface area contributed by atoms with Crippen LogP contribution in [-0.2, 0) is 9.59 Å². The average Bonchev–Trinajstić information content (AvgIpc) is 2.72. The molecule has 2 amide bonds. The summed E-state index contributed by atoms with van der Waals surface area (Å²) in [6.07, 6.45) is 0.113. The van der Waals surface area contributed by atoms with Gasteiger partial charge < -0.3 is 0 Å². The molecule has 3 rings (SSSR count). The van der Waals surface area contributed by atoms with Crippen LogP contribution in [0.2, 0.25) is 0 Å². The number of hydroxylamine groups is 2. The lowest BCUT2D eigenvalue weighted by Crippen LogP contribution is -2.38. The highest BCUT2D eigenvalue weighted by atomic mass is 35.5. The minimum atomic E-state index is -1.28. The van der Waals surface area contributed by atoms with Crippen molar-refractivity contribution >= 4 is 58.2 Å². The summed E-state index contributed by atoms with van der Waals surface area (Å²) in [6.45, 7) is 0. The smallest absolute Gasteiger partial charge is 0.259 e. The molecule has 1 aliphatic heterocycles. The number of alkyl halides is 2. The van der Waals surface area contributed by atoms with Crippen molar-refractivity contribution in [1.82, 2.24) is 5.06 Å². The number of hydrogen-bond donors (Lipinski definition) is 1. The van der Waals surface area contributed by atoms with E-state index in [0.717, 1.165) is 0 Å². The van der Waals surface area contributed by atoms with Crippen molar-refractivity contribution < 1.29 is 14.8 Å². The summed E-state index contributed by atoms with van der Waals surface area (Å²) in [5.74, 6) is -3.46. The number of carbonyl (C=O) groups is 2. The molecule has 1 saturated heterocycles. The quantitative estimate of drug-likeness (QED) is 0.423. The van der Waals surface area contributed by atoms with Gasteiger partial charge in [0.05, 0.1) is 31.6 Å². The van der Waals surface area contributed by atoms with Gasteiger partial charge in [-0.05, 0) is 6.42 Å². The Morgan fingerprint density at radius 3 is 1.76 bits per heavy atom. The fraction of sp³-hybridized carbons (Fsp3) is 0.556. The van der Waals surface area contributed by atoms with Gasteiger partial charge in [-0.15, -0.1) is 23.2 Å². The molecule has 92 valence electrons. The van der Waals surface area contributed by atoms with Gasteiger partial charge in [0.1, 0.15) is 0 Å². The van der Waals surface area contributed by atoms with E-state index in [1.165, 1.54) is 0 Å². The first-order valence-electron chi connectivity index (χ1n) is 4.76. The van der Waals surface area contributed by atoms with Crippen molar-refractivity contribution in [2.24, 2.45) is 11.8 Å². The zero-order chi connectivity index (χ0) is 12.7. The molecule has 2 fully saturated rings. The minimum Gasteiger partial charge on any atom is -0.278 e. The van der Waals surface area contributed by atoms with E-state index in [9.17, 15) is 14.8 Å². The predicted octanol–water partition coefficient (Wildman–Crippen LogP) is 2.04. The number of hydrogen-bond acceptors (Lipinski definition) is 3. The van der Waals surface area contributed by atoms with Gasteiger partial charge in [0, 0.05) is 0 Å². The Balaban J connectivity index is 2.25. The second kappa shape index (κ2) is 3.11. The van der Waals surface area contributed by atoms with E-state index in [1.54, 1.807) is 0 Å². The van der Waals surface area contributed by atoms with Crippen LogP contribution in [0.5, 0.6) is 0 Å². The first kappa shape index (κ1) is 12.1. The molecule has 3 aliphatic rings. The maximum absolute atomic E-state index is 11.8. The SMILES string of the molecule is O=C1[C@@H]2[C@@H](C(=O)N1O)[C@@]1(Cl)C[C@@]2(Cl)C(Cl)=C1Cl. The molecule has 0 aromatic rings. The monoisotopic (exact) mass is 315 g/mol. The van der Waals surface area contributed by atoms with Crippen LogP contribution in [0.15, 0.2) is 10.1 Å². The van der Waals surface area contributed by atoms with Crippen LogP contribution in [-0.4, -0.2) is 31.8 Å². The topological polar surface area (TPSA) is 57.6 Å². The van der Waals surface area contributed by atoms with Crippen LogP contribution in [0.4, 0.5) is 0 Å². The third kappa shape index (κ3) is 1.08. The van der Waals surface area contributed by atoms with Crippen LogP contribution < -0.4 is 0 Å². The third-order valence-electron chi connectivity index (χ3n) is 3.71. The van der Waals surface area contributed by atoms with Gasteiger partial charge in [0.15, 0.2) is 0 Å². The van der Waals surface area contributed by atoms with Gasteiger partial charge in [-0.25, -0.2) is 0 Å². The van der Waals surface area contributed by atoms with Gasteiger partial charge in [-0.1, -0.05) is 23.2 Å². The maximum atomic E-state index is 11.8. The highest BCUT2D eigenvalue weighted by Gasteiger charge is 2.76. The first-order chi connectivity index (χ1) is 7.75. The number of nitrogens with zero attached hydrogens (tertiary/aromatic N) is 1. The Bertz CT molecular complexity index is 464. The number of allylic oxidation sites excluding steroid dienone is 2. The number of amides is 2. The van der Waals surface area contributed by atoms with Crippen molar-refractivity contribution in [3.05, 3.63) is 10.1 Å². The summed E-state index contributed by atoms with van der Waals surface area (Å²) in [4.78, 5) is 21.0. The van der Waals surface area contributed by atoms with E-state index in [-0.39, 0.29) is 21.5 Å². The first-order valence-corrected chi connectivity index (χ1v) is 6.27. The molecule has 4 nitrogen and oxygen atoms in total. The second-order valence-electron chi connectivity index (χ2n) is 4.47. The fourth-order valence-electron chi connectivity index (χ4n) is 2.96. The van der Waals surface area contributed by atoms with Crippen LogP contribution in [0, 0.1) is 11.8 Å². The number of carbonyl (C=O) groups excluding carboxylic acids is 2. The Hall–Kier alpha value is -0.000000000000000167. The molecule has 0 aromatic carbocycles. The number of fused-ring (bicyclic) bond motifs is 5. The summed E-state index contributed by atoms with van der Waals surface area (Å²) in [7, 11) is 0. The average molecular weight is 317 g/mol. The zero-order valence-corrected chi connectivity index (χ0v) is 11.1. The van der Waals surface area contributed by atoms with Crippen molar-refractivity contribution in [3.8, 4) is 0 Å². The van der Waals surface area contributed by atoms with Crippen LogP contribution in [0.25, 0.3) is 0 Å². The van der Waals surface area contributed by atoms with E-state index < -0.39 is 33.4 Å². The molecular formula is C9H5Cl4NO3. The largest absolute Gasteiger partial charge is 0.278 e. The van der Waals surface area contributed by atoms with E-state index in [2.05, 4.69) is 0 Å². The molecule has 2 aliphatic carbocycles. The molecule has 0 spiro atoms. The van der Waals surface area contributed by atoms with Gasteiger partial charge in [0.2, 0.25) is 0 Å². The van der Waals surface area contributed by atoms with Crippen molar-refractivity contribution in [2.45, 2.75) is 16.2 Å². The summed E-state index contributed by atoms with van der Waals surface area (Å²) in [6, 6.07) is 0. The van der Waals surface area contributed by atoms with Crippen molar-refractivity contribution in [3.63, 3.8) is 0 Å². The Labute approximate surface area is 116 Å². The fourth-order valence-corrected chi connectivity index (χ4v) is 4.88. The van der Waals surface area contributed by atoms with E-state index >= 15 is 0 Å². The van der Waals surface area contributed by atoms with E-state index in [4.69, 9.17) is 46.4 Å².